The normalized spacial score (nSPS) is 17.6. The highest BCUT2D eigenvalue weighted by Crippen LogP contribution is 2.51. The van der Waals surface area contributed by atoms with Crippen LogP contribution in [0.3, 0.4) is 0 Å². The summed E-state index contributed by atoms with van der Waals surface area (Å²) >= 11 is 0. The van der Waals surface area contributed by atoms with E-state index in [1.165, 1.54) is 125 Å². The lowest BCUT2D eigenvalue weighted by Crippen LogP contribution is -2.33. The average Bonchev–Trinajstić information content (AvgIpc) is 3.76. The van der Waals surface area contributed by atoms with Crippen molar-refractivity contribution >= 4 is 43.6 Å². The van der Waals surface area contributed by atoms with Crippen LogP contribution in [0.5, 0.6) is 0 Å². The molecule has 0 atom stereocenters. The number of hydrogen-bond donors (Lipinski definition) is 0. The summed E-state index contributed by atoms with van der Waals surface area (Å²) in [4.78, 5) is 0. The minimum atomic E-state index is 0.103. The molecule has 0 saturated heterocycles. The molecule has 2 heterocycles. The molecular weight excluding hydrogens is 725 g/mol. The number of benzene rings is 7. The maximum atomic E-state index is 2.59. The number of rotatable bonds is 4. The maximum Gasteiger partial charge on any atom is 0.0618 e. The molecule has 7 aromatic carbocycles. The van der Waals surface area contributed by atoms with Crippen molar-refractivity contribution in [2.24, 2.45) is 0 Å². The molecule has 0 radical (unpaired) electrons. The number of para-hydroxylation sites is 4. The van der Waals surface area contributed by atoms with Gasteiger partial charge in [-0.1, -0.05) is 165 Å². The van der Waals surface area contributed by atoms with E-state index < -0.39 is 0 Å². The number of aromatic nitrogens is 2. The molecule has 2 aliphatic carbocycles. The summed E-state index contributed by atoms with van der Waals surface area (Å²) in [7, 11) is 0. The van der Waals surface area contributed by atoms with Crippen LogP contribution in [0.25, 0.3) is 77.2 Å². The Kier molecular flexibility index (Phi) is 7.94. The Bertz CT molecular complexity index is 3060. The summed E-state index contributed by atoms with van der Waals surface area (Å²) < 4.78 is 5.04. The van der Waals surface area contributed by atoms with Crippen molar-refractivity contribution in [2.75, 3.05) is 0 Å². The van der Waals surface area contributed by atoms with Crippen LogP contribution in [0, 0.1) is 0 Å². The largest absolute Gasteiger partial charge is 0.309 e. The fraction of sp³-hybridized carbons (Fsp3) is 0.276. The molecule has 0 N–H and O–H groups in total. The van der Waals surface area contributed by atoms with Crippen molar-refractivity contribution in [2.45, 2.75) is 103 Å². The topological polar surface area (TPSA) is 9.86 Å². The highest BCUT2D eigenvalue weighted by molar-refractivity contribution is 6.13. The summed E-state index contributed by atoms with van der Waals surface area (Å²) in [6.07, 6.45) is 4.78. The van der Waals surface area contributed by atoms with E-state index in [1.54, 1.807) is 0 Å². The first-order valence-corrected chi connectivity index (χ1v) is 22.2. The van der Waals surface area contributed by atoms with Crippen molar-refractivity contribution in [3.05, 3.63) is 168 Å². The van der Waals surface area contributed by atoms with E-state index in [-0.39, 0.29) is 21.7 Å². The standard InChI is InChI=1S/C58H56N2/c1-55(2)30-32-57(5,6)48-34-37(24-27-46(48)55)40-19-15-20-41(38-25-28-47-49(35-38)58(7,8)33-31-56(47,3)4)54(40)60-52-23-14-11-18-44(52)45-36-39(26-29-53(45)60)59-50-21-12-9-16-42(50)43-17-10-13-22-51(43)59/h9-29,34-36H,30-33H2,1-8H3. The molecule has 2 heteroatoms. The highest BCUT2D eigenvalue weighted by atomic mass is 15.0. The Morgan fingerprint density at radius 1 is 0.333 bits per heavy atom. The van der Waals surface area contributed by atoms with Crippen LogP contribution >= 0.6 is 0 Å². The molecule has 2 aromatic heterocycles. The predicted molar refractivity (Wildman–Crippen MR) is 257 cm³/mol. The Morgan fingerprint density at radius 3 is 1.22 bits per heavy atom. The first kappa shape index (κ1) is 37.2. The van der Waals surface area contributed by atoms with Gasteiger partial charge in [-0.25, -0.2) is 0 Å². The third-order valence-corrected chi connectivity index (χ3v) is 15.1. The lowest BCUT2D eigenvalue weighted by atomic mass is 9.62. The van der Waals surface area contributed by atoms with Crippen LogP contribution in [0.1, 0.15) is 103 Å². The first-order chi connectivity index (χ1) is 28.7. The van der Waals surface area contributed by atoms with Gasteiger partial charge in [0.1, 0.15) is 0 Å². The smallest absolute Gasteiger partial charge is 0.0618 e. The van der Waals surface area contributed by atoms with Gasteiger partial charge in [0.2, 0.25) is 0 Å². The molecule has 0 amide bonds. The molecule has 0 aliphatic heterocycles. The van der Waals surface area contributed by atoms with Gasteiger partial charge >= 0.3 is 0 Å². The molecule has 11 rings (SSSR count). The fourth-order valence-electron chi connectivity index (χ4n) is 11.3. The summed E-state index contributed by atoms with van der Waals surface area (Å²) in [6.45, 7) is 19.5. The van der Waals surface area contributed by atoms with Gasteiger partial charge in [-0.2, -0.15) is 0 Å². The van der Waals surface area contributed by atoms with Gasteiger partial charge in [-0.15, -0.1) is 0 Å². The van der Waals surface area contributed by atoms with Gasteiger partial charge in [0.15, 0.2) is 0 Å². The molecule has 2 aliphatic rings. The minimum Gasteiger partial charge on any atom is -0.309 e. The van der Waals surface area contributed by atoms with Crippen molar-refractivity contribution in [1.82, 2.24) is 9.13 Å². The van der Waals surface area contributed by atoms with E-state index in [9.17, 15) is 0 Å². The zero-order valence-corrected chi connectivity index (χ0v) is 36.6. The van der Waals surface area contributed by atoms with Gasteiger partial charge < -0.3 is 9.13 Å². The molecule has 0 spiro atoms. The quantitative estimate of drug-likeness (QED) is 0.168. The molecule has 0 unspecified atom stereocenters. The molecule has 0 bridgehead atoms. The van der Waals surface area contributed by atoms with Gasteiger partial charge in [0.25, 0.3) is 0 Å². The molecule has 298 valence electrons. The highest BCUT2D eigenvalue weighted by Gasteiger charge is 2.39. The Balaban J connectivity index is 1.22. The second kappa shape index (κ2) is 12.8. The molecular formula is C58H56N2. The predicted octanol–water partition coefficient (Wildman–Crippen LogP) is 15.9. The summed E-state index contributed by atoms with van der Waals surface area (Å²) in [5, 5.41) is 5.08. The van der Waals surface area contributed by atoms with Crippen LogP contribution < -0.4 is 0 Å². The number of fused-ring (bicyclic) bond motifs is 8. The van der Waals surface area contributed by atoms with E-state index in [0.29, 0.717) is 0 Å². The Labute approximate surface area is 355 Å². The minimum absolute atomic E-state index is 0.103. The van der Waals surface area contributed by atoms with Gasteiger partial charge in [-0.3, -0.25) is 0 Å². The van der Waals surface area contributed by atoms with Crippen LogP contribution in [0.15, 0.2) is 146 Å². The van der Waals surface area contributed by atoms with Crippen LogP contribution in [0.2, 0.25) is 0 Å². The molecule has 0 saturated carbocycles. The monoisotopic (exact) mass is 780 g/mol. The van der Waals surface area contributed by atoms with E-state index in [0.717, 1.165) is 0 Å². The third kappa shape index (κ3) is 5.45. The third-order valence-electron chi connectivity index (χ3n) is 15.1. The van der Waals surface area contributed by atoms with Gasteiger partial charge in [0, 0.05) is 38.4 Å². The van der Waals surface area contributed by atoms with Crippen molar-refractivity contribution in [3.8, 4) is 33.6 Å². The second-order valence-corrected chi connectivity index (χ2v) is 20.7. The lowest BCUT2D eigenvalue weighted by molar-refractivity contribution is 0.332. The maximum absolute atomic E-state index is 2.59. The van der Waals surface area contributed by atoms with Crippen LogP contribution in [-0.4, -0.2) is 9.13 Å². The second-order valence-electron chi connectivity index (χ2n) is 20.7. The van der Waals surface area contributed by atoms with E-state index in [2.05, 4.69) is 210 Å². The lowest BCUT2D eigenvalue weighted by Gasteiger charge is -2.42. The molecule has 0 fully saturated rings. The summed E-state index contributed by atoms with van der Waals surface area (Å²) in [6, 6.07) is 55.7. The van der Waals surface area contributed by atoms with E-state index >= 15 is 0 Å². The van der Waals surface area contributed by atoms with Crippen LogP contribution in [0.4, 0.5) is 0 Å². The Morgan fingerprint density at radius 2 is 0.733 bits per heavy atom. The van der Waals surface area contributed by atoms with Crippen molar-refractivity contribution in [3.63, 3.8) is 0 Å². The molecule has 9 aromatic rings. The summed E-state index contributed by atoms with van der Waals surface area (Å²) in [5.41, 5.74) is 18.9. The van der Waals surface area contributed by atoms with Crippen molar-refractivity contribution < 1.29 is 0 Å². The zero-order valence-electron chi connectivity index (χ0n) is 36.6. The van der Waals surface area contributed by atoms with E-state index in [4.69, 9.17) is 0 Å². The van der Waals surface area contributed by atoms with Gasteiger partial charge in [-0.05, 0) is 117 Å². The van der Waals surface area contributed by atoms with E-state index in [1.807, 2.05) is 0 Å². The van der Waals surface area contributed by atoms with Crippen molar-refractivity contribution in [1.29, 1.82) is 0 Å². The average molecular weight is 781 g/mol. The summed E-state index contributed by atoms with van der Waals surface area (Å²) in [5.74, 6) is 0. The Hall–Kier alpha value is -5.86. The van der Waals surface area contributed by atoms with Gasteiger partial charge in [0.05, 0.1) is 27.8 Å². The SMILES string of the molecule is CC1(C)CCC(C)(C)c2cc(-c3cccc(-c4ccc5c(c4)C(C)(C)CCC5(C)C)c3-n3c4ccccc4c4cc(-n5c6ccccc6c6ccccc65)ccc43)ccc21. The molecule has 60 heavy (non-hydrogen) atoms. The van der Waals surface area contributed by atoms with Crippen LogP contribution in [-0.2, 0) is 21.7 Å². The number of nitrogens with zero attached hydrogens (tertiary/aromatic N) is 2. The number of hydrogen-bond acceptors (Lipinski definition) is 0. The molecule has 2 nitrogen and oxygen atoms in total. The zero-order chi connectivity index (χ0) is 41.3. The fourth-order valence-corrected chi connectivity index (χ4v) is 11.3. The first-order valence-electron chi connectivity index (χ1n) is 22.2.